The summed E-state index contributed by atoms with van der Waals surface area (Å²) in [6.45, 7) is 1.66. The van der Waals surface area contributed by atoms with Crippen LogP contribution in [0.2, 0.25) is 0 Å². The Morgan fingerprint density at radius 3 is 2.19 bits per heavy atom. The van der Waals surface area contributed by atoms with Crippen molar-refractivity contribution in [2.24, 2.45) is 0 Å². The average molecular weight is 395 g/mol. The Morgan fingerprint density at radius 2 is 1.67 bits per heavy atom. The molecule has 0 saturated carbocycles. The van der Waals surface area contributed by atoms with Crippen molar-refractivity contribution in [1.82, 2.24) is 14.3 Å². The quantitative estimate of drug-likeness (QED) is 0.712. The maximum Gasteiger partial charge on any atom is 0.416 e. The second kappa shape index (κ2) is 7.16. The third-order valence-electron chi connectivity index (χ3n) is 4.02. The maximum absolute atomic E-state index is 12.6. The molecule has 0 saturated heterocycles. The predicted octanol–water partition coefficient (Wildman–Crippen LogP) is 3.93. The van der Waals surface area contributed by atoms with Crippen molar-refractivity contribution in [2.75, 3.05) is 0 Å². The molecule has 0 amide bonds. The smallest absolute Gasteiger partial charge is 0.306 e. The minimum Gasteiger partial charge on any atom is -0.306 e. The van der Waals surface area contributed by atoms with Gasteiger partial charge in [0.2, 0.25) is 10.0 Å². The van der Waals surface area contributed by atoms with Crippen molar-refractivity contribution in [3.8, 4) is 5.69 Å². The van der Waals surface area contributed by atoms with Crippen LogP contribution in [0.15, 0.2) is 72.1 Å². The van der Waals surface area contributed by atoms with Gasteiger partial charge in [-0.1, -0.05) is 12.1 Å². The SMILES string of the molecule is C[C@@H](NS(=O)(=O)c1ccc(C(F)(F)F)cc1)c1ccc(-n2ccnc2)cc1. The predicted molar refractivity (Wildman–Crippen MR) is 93.7 cm³/mol. The molecule has 142 valence electrons. The number of rotatable bonds is 5. The van der Waals surface area contributed by atoms with Gasteiger partial charge >= 0.3 is 6.18 Å². The van der Waals surface area contributed by atoms with Gasteiger partial charge in [0.05, 0.1) is 16.8 Å². The highest BCUT2D eigenvalue weighted by atomic mass is 32.2. The van der Waals surface area contributed by atoms with E-state index in [9.17, 15) is 21.6 Å². The lowest BCUT2D eigenvalue weighted by molar-refractivity contribution is -0.137. The molecule has 0 aliphatic heterocycles. The van der Waals surface area contributed by atoms with Crippen LogP contribution in [0.5, 0.6) is 0 Å². The van der Waals surface area contributed by atoms with E-state index in [1.165, 1.54) is 0 Å². The summed E-state index contributed by atoms with van der Waals surface area (Å²) in [7, 11) is -3.96. The van der Waals surface area contributed by atoms with Crippen molar-refractivity contribution in [3.05, 3.63) is 78.4 Å². The number of hydrogen-bond acceptors (Lipinski definition) is 3. The van der Waals surface area contributed by atoms with E-state index in [4.69, 9.17) is 0 Å². The second-order valence-corrected chi connectivity index (χ2v) is 7.64. The lowest BCUT2D eigenvalue weighted by Crippen LogP contribution is -2.27. The Labute approximate surface area is 154 Å². The molecule has 0 spiro atoms. The van der Waals surface area contributed by atoms with Crippen molar-refractivity contribution in [1.29, 1.82) is 0 Å². The zero-order valence-electron chi connectivity index (χ0n) is 14.2. The Hall–Kier alpha value is -2.65. The summed E-state index contributed by atoms with van der Waals surface area (Å²) in [6, 6.07) is 10.0. The van der Waals surface area contributed by atoms with E-state index in [-0.39, 0.29) is 4.90 Å². The van der Waals surface area contributed by atoms with Gasteiger partial charge in [-0.05, 0) is 48.9 Å². The summed E-state index contributed by atoms with van der Waals surface area (Å²) in [5.41, 5.74) is 0.688. The van der Waals surface area contributed by atoms with Crippen LogP contribution in [-0.2, 0) is 16.2 Å². The molecule has 5 nitrogen and oxygen atoms in total. The summed E-state index contributed by atoms with van der Waals surface area (Å²) in [5.74, 6) is 0. The van der Waals surface area contributed by atoms with Crippen LogP contribution in [-0.4, -0.2) is 18.0 Å². The number of imidazole rings is 1. The van der Waals surface area contributed by atoms with Crippen LogP contribution in [0.3, 0.4) is 0 Å². The Kier molecular flexibility index (Phi) is 5.07. The monoisotopic (exact) mass is 395 g/mol. The minimum atomic E-state index is -4.51. The number of nitrogens with zero attached hydrogens (tertiary/aromatic N) is 2. The maximum atomic E-state index is 12.6. The molecule has 1 heterocycles. The first-order chi connectivity index (χ1) is 12.7. The molecule has 3 rings (SSSR count). The van der Waals surface area contributed by atoms with Gasteiger partial charge in [0.25, 0.3) is 0 Å². The zero-order valence-corrected chi connectivity index (χ0v) is 15.0. The normalized spacial score (nSPS) is 13.5. The zero-order chi connectivity index (χ0) is 19.7. The summed E-state index contributed by atoms with van der Waals surface area (Å²) < 4.78 is 67.0. The van der Waals surface area contributed by atoms with Crippen molar-refractivity contribution in [3.63, 3.8) is 0 Å². The first-order valence-corrected chi connectivity index (χ1v) is 9.43. The number of nitrogens with one attached hydrogen (secondary N) is 1. The van der Waals surface area contributed by atoms with E-state index in [2.05, 4.69) is 9.71 Å². The van der Waals surface area contributed by atoms with Crippen LogP contribution >= 0.6 is 0 Å². The Bertz CT molecular complexity index is 998. The third kappa shape index (κ3) is 4.37. The van der Waals surface area contributed by atoms with Gasteiger partial charge < -0.3 is 4.57 Å². The number of aromatic nitrogens is 2. The molecule has 1 N–H and O–H groups in total. The van der Waals surface area contributed by atoms with Gasteiger partial charge in [-0.3, -0.25) is 0 Å². The molecular formula is C18H16F3N3O2S. The van der Waals surface area contributed by atoms with Gasteiger partial charge in [0, 0.05) is 24.1 Å². The summed E-state index contributed by atoms with van der Waals surface area (Å²) >= 11 is 0. The van der Waals surface area contributed by atoms with E-state index < -0.39 is 27.8 Å². The highest BCUT2D eigenvalue weighted by Crippen LogP contribution is 2.30. The largest absolute Gasteiger partial charge is 0.416 e. The minimum absolute atomic E-state index is 0.225. The number of hydrogen-bond donors (Lipinski definition) is 1. The lowest BCUT2D eigenvalue weighted by atomic mass is 10.1. The molecule has 0 aliphatic rings. The molecule has 27 heavy (non-hydrogen) atoms. The number of alkyl halides is 3. The van der Waals surface area contributed by atoms with Gasteiger partial charge in [0.15, 0.2) is 0 Å². The standard InChI is InChI=1S/C18H16F3N3O2S/c1-13(14-2-6-16(7-3-14)24-11-10-22-12-24)23-27(25,26)17-8-4-15(5-9-17)18(19,20)21/h2-13,23H,1H3/t13-/m1/s1. The fourth-order valence-corrected chi connectivity index (χ4v) is 3.77. The van der Waals surface area contributed by atoms with Gasteiger partial charge in [-0.2, -0.15) is 13.2 Å². The van der Waals surface area contributed by atoms with Gasteiger partial charge in [-0.25, -0.2) is 18.1 Å². The number of sulfonamides is 1. The van der Waals surface area contributed by atoms with Crippen LogP contribution in [0.1, 0.15) is 24.1 Å². The van der Waals surface area contributed by atoms with Gasteiger partial charge in [-0.15, -0.1) is 0 Å². The number of benzene rings is 2. The van der Waals surface area contributed by atoms with E-state index in [1.54, 1.807) is 42.3 Å². The third-order valence-corrected chi connectivity index (χ3v) is 5.58. The van der Waals surface area contributed by atoms with Crippen molar-refractivity contribution < 1.29 is 21.6 Å². The molecule has 2 aromatic carbocycles. The van der Waals surface area contributed by atoms with Crippen LogP contribution < -0.4 is 4.72 Å². The molecule has 3 aromatic rings. The fourth-order valence-electron chi connectivity index (χ4n) is 2.54. The first-order valence-electron chi connectivity index (χ1n) is 7.95. The van der Waals surface area contributed by atoms with E-state index >= 15 is 0 Å². The van der Waals surface area contributed by atoms with Crippen LogP contribution in [0, 0.1) is 0 Å². The average Bonchev–Trinajstić information content (AvgIpc) is 3.15. The molecule has 0 aliphatic carbocycles. The van der Waals surface area contributed by atoms with E-state index in [0.717, 1.165) is 30.0 Å². The molecule has 0 fully saturated rings. The molecule has 9 heteroatoms. The Morgan fingerprint density at radius 1 is 1.04 bits per heavy atom. The highest BCUT2D eigenvalue weighted by molar-refractivity contribution is 7.89. The van der Waals surface area contributed by atoms with E-state index in [0.29, 0.717) is 5.56 Å². The molecule has 1 aromatic heterocycles. The molecule has 0 bridgehead atoms. The topological polar surface area (TPSA) is 64.0 Å². The summed E-state index contributed by atoms with van der Waals surface area (Å²) in [6.07, 6.45) is 0.562. The van der Waals surface area contributed by atoms with Crippen LogP contribution in [0.4, 0.5) is 13.2 Å². The van der Waals surface area contributed by atoms with Crippen LogP contribution in [0.25, 0.3) is 5.69 Å². The van der Waals surface area contributed by atoms with Gasteiger partial charge in [0.1, 0.15) is 0 Å². The second-order valence-electron chi connectivity index (χ2n) is 5.93. The molecule has 1 atom stereocenters. The highest BCUT2D eigenvalue weighted by Gasteiger charge is 2.30. The summed E-state index contributed by atoms with van der Waals surface area (Å²) in [5, 5.41) is 0. The molecule has 0 unspecified atom stereocenters. The van der Waals surface area contributed by atoms with Crippen molar-refractivity contribution >= 4 is 10.0 Å². The Balaban J connectivity index is 1.75. The summed E-state index contributed by atoms with van der Waals surface area (Å²) in [4.78, 5) is 3.74. The lowest BCUT2D eigenvalue weighted by Gasteiger charge is -2.16. The molecule has 0 radical (unpaired) electrons. The molecular weight excluding hydrogens is 379 g/mol. The first kappa shape index (κ1) is 19.1. The number of halogens is 3. The van der Waals surface area contributed by atoms with E-state index in [1.807, 2.05) is 12.1 Å². The van der Waals surface area contributed by atoms with Crippen molar-refractivity contribution in [2.45, 2.75) is 24.0 Å². The fraction of sp³-hybridized carbons (Fsp3) is 0.167.